The van der Waals surface area contributed by atoms with Crippen LogP contribution in [0.4, 0.5) is 0 Å². The normalized spacial score (nSPS) is 23.7. The molecule has 5 heteroatoms. The predicted molar refractivity (Wildman–Crippen MR) is 154 cm³/mol. The lowest BCUT2D eigenvalue weighted by Gasteiger charge is -2.58. The zero-order valence-electron chi connectivity index (χ0n) is 24.2. The molecule has 0 spiro atoms. The Bertz CT molecular complexity index is 752. The summed E-state index contributed by atoms with van der Waals surface area (Å²) < 4.78 is 6.47. The molecule has 0 amide bonds. The summed E-state index contributed by atoms with van der Waals surface area (Å²) in [6, 6.07) is 10.7. The van der Waals surface area contributed by atoms with E-state index in [2.05, 4.69) is 98.1 Å². The van der Waals surface area contributed by atoms with Crippen molar-refractivity contribution in [3.63, 3.8) is 0 Å². The van der Waals surface area contributed by atoms with E-state index in [0.29, 0.717) is 12.1 Å². The number of benzene rings is 1. The first-order chi connectivity index (χ1) is 15.5. The number of hydrogen-bond acceptors (Lipinski definition) is 2. The highest BCUT2D eigenvalue weighted by Crippen LogP contribution is 2.51. The Labute approximate surface area is 214 Å². The molecule has 1 saturated heterocycles. The lowest BCUT2D eigenvalue weighted by atomic mass is 9.94. The predicted octanol–water partition coefficient (Wildman–Crippen LogP) is 9.12. The third-order valence-electron chi connectivity index (χ3n) is 9.69. The summed E-state index contributed by atoms with van der Waals surface area (Å²) in [7, 11) is -3.39. The van der Waals surface area contributed by atoms with Crippen molar-refractivity contribution < 1.29 is 9.07 Å². The molecule has 0 aliphatic carbocycles. The summed E-state index contributed by atoms with van der Waals surface area (Å²) in [6.07, 6.45) is 6.83. The maximum atomic E-state index is 14.5. The van der Waals surface area contributed by atoms with Gasteiger partial charge in [0.15, 0.2) is 8.32 Å². The van der Waals surface area contributed by atoms with E-state index < -0.39 is 16.4 Å². The molecule has 0 aromatic heterocycles. The molecule has 0 N–H and O–H groups in total. The zero-order valence-corrected chi connectivity index (χ0v) is 26.2. The van der Waals surface area contributed by atoms with Crippen LogP contribution in [0.15, 0.2) is 30.3 Å². The molecular weight excluding hydrogens is 450 g/mol. The van der Waals surface area contributed by atoms with Crippen molar-refractivity contribution in [2.24, 2.45) is 0 Å². The number of rotatable bonds is 10. The summed E-state index contributed by atoms with van der Waals surface area (Å²) in [5, 5.41) is 15.1. The standard InChI is InChI=1S/C29H55NO2Si2/c1-28(2,3)33(7,8)27(21-15-17-23-32-34(9,10)29(4,5)6)26-20-14-16-22-30(26,31)24-25-18-12-11-13-19-25/h11-13,18-19,26-27H,14-17,20-24H2,1-10H3/t26?,27-,30-/m0/s1. The van der Waals surface area contributed by atoms with Gasteiger partial charge in [-0.3, -0.25) is 0 Å². The smallest absolute Gasteiger partial charge is 0.191 e. The quantitative estimate of drug-likeness (QED) is 0.137. The maximum Gasteiger partial charge on any atom is 0.191 e. The number of hydrogen-bond donors (Lipinski definition) is 0. The minimum absolute atomic E-state index is 0.0122. The number of quaternary nitrogens is 1. The minimum Gasteiger partial charge on any atom is -0.632 e. The summed E-state index contributed by atoms with van der Waals surface area (Å²) in [6.45, 7) is 26.3. The van der Waals surface area contributed by atoms with Gasteiger partial charge < -0.3 is 14.3 Å². The van der Waals surface area contributed by atoms with Crippen LogP contribution in [0.1, 0.15) is 85.6 Å². The van der Waals surface area contributed by atoms with Crippen LogP contribution >= 0.6 is 0 Å². The van der Waals surface area contributed by atoms with Crippen molar-refractivity contribution in [1.82, 2.24) is 0 Å². The largest absolute Gasteiger partial charge is 0.632 e. The molecule has 0 bridgehead atoms. The Morgan fingerprint density at radius 1 is 0.941 bits per heavy atom. The summed E-state index contributed by atoms with van der Waals surface area (Å²) in [5.74, 6) is 0. The van der Waals surface area contributed by atoms with E-state index in [-0.39, 0.29) is 20.8 Å². The van der Waals surface area contributed by atoms with E-state index in [1.807, 2.05) is 0 Å². The van der Waals surface area contributed by atoms with Crippen LogP contribution in [-0.2, 0) is 11.0 Å². The molecule has 2 rings (SSSR count). The van der Waals surface area contributed by atoms with Crippen molar-refractivity contribution in [3.05, 3.63) is 41.1 Å². The van der Waals surface area contributed by atoms with E-state index in [9.17, 15) is 5.21 Å². The number of likely N-dealkylation sites (tertiary alicyclic amines) is 1. The second-order valence-corrected chi connectivity index (χ2v) is 24.6. The van der Waals surface area contributed by atoms with Crippen LogP contribution in [0, 0.1) is 5.21 Å². The Morgan fingerprint density at radius 3 is 2.12 bits per heavy atom. The molecule has 1 aliphatic rings. The fourth-order valence-corrected chi connectivity index (χ4v) is 9.88. The molecule has 34 heavy (non-hydrogen) atoms. The molecule has 3 nitrogen and oxygen atoms in total. The Hall–Kier alpha value is -0.466. The average Bonchev–Trinajstić information content (AvgIpc) is 2.70. The first-order valence-corrected chi connectivity index (χ1v) is 19.8. The van der Waals surface area contributed by atoms with Crippen LogP contribution in [-0.4, -0.2) is 40.2 Å². The van der Waals surface area contributed by atoms with Gasteiger partial charge in [-0.15, -0.1) is 0 Å². The monoisotopic (exact) mass is 505 g/mol. The number of hydroxylamine groups is 3. The Morgan fingerprint density at radius 2 is 1.56 bits per heavy atom. The first-order valence-electron chi connectivity index (χ1n) is 13.8. The maximum absolute atomic E-state index is 14.5. The van der Waals surface area contributed by atoms with Crippen LogP contribution in [0.5, 0.6) is 0 Å². The molecule has 1 aromatic rings. The van der Waals surface area contributed by atoms with Crippen LogP contribution in [0.3, 0.4) is 0 Å². The molecule has 0 radical (unpaired) electrons. The molecule has 0 saturated carbocycles. The van der Waals surface area contributed by atoms with Gasteiger partial charge in [0, 0.05) is 17.7 Å². The second-order valence-electron chi connectivity index (χ2n) is 14.1. The van der Waals surface area contributed by atoms with Gasteiger partial charge in [-0.05, 0) is 55.3 Å². The van der Waals surface area contributed by atoms with Gasteiger partial charge in [0.1, 0.15) is 6.54 Å². The number of nitrogens with zero attached hydrogens (tertiary/aromatic N) is 1. The van der Waals surface area contributed by atoms with Gasteiger partial charge in [0.25, 0.3) is 0 Å². The summed E-state index contributed by atoms with van der Waals surface area (Å²) >= 11 is 0. The SMILES string of the molecule is CC(C)(C)[Si](C)(C)OCCCC[C@@H](C1CCCC[N@+]1([O-])Cc1ccccc1)[Si](C)(C)C(C)(C)C. The lowest BCUT2D eigenvalue weighted by Crippen LogP contribution is -2.60. The third-order valence-corrected chi connectivity index (χ3v) is 20.6. The van der Waals surface area contributed by atoms with Gasteiger partial charge in [0.2, 0.25) is 0 Å². The number of piperidine rings is 1. The molecule has 1 fully saturated rings. The van der Waals surface area contributed by atoms with Gasteiger partial charge in [-0.2, -0.15) is 0 Å². The van der Waals surface area contributed by atoms with Crippen molar-refractivity contribution in [1.29, 1.82) is 0 Å². The van der Waals surface area contributed by atoms with Gasteiger partial charge >= 0.3 is 0 Å². The van der Waals surface area contributed by atoms with Gasteiger partial charge in [0.05, 0.1) is 20.7 Å². The molecule has 1 heterocycles. The van der Waals surface area contributed by atoms with E-state index in [0.717, 1.165) is 32.4 Å². The molecule has 196 valence electrons. The van der Waals surface area contributed by atoms with E-state index in [4.69, 9.17) is 4.43 Å². The fraction of sp³-hybridized carbons (Fsp3) is 0.793. The van der Waals surface area contributed by atoms with E-state index in [1.54, 1.807) is 0 Å². The first kappa shape index (κ1) is 29.8. The fourth-order valence-electron chi connectivity index (χ4n) is 5.35. The Balaban J connectivity index is 2.19. The third kappa shape index (κ3) is 7.28. The van der Waals surface area contributed by atoms with Crippen molar-refractivity contribution in [2.75, 3.05) is 13.2 Å². The average molecular weight is 506 g/mol. The molecule has 1 unspecified atom stereocenters. The van der Waals surface area contributed by atoms with Crippen LogP contribution in [0.25, 0.3) is 0 Å². The molecule has 3 atom stereocenters. The van der Waals surface area contributed by atoms with Crippen molar-refractivity contribution >= 4 is 16.4 Å². The minimum atomic E-state index is -1.70. The van der Waals surface area contributed by atoms with Crippen LogP contribution in [0.2, 0.25) is 41.8 Å². The topological polar surface area (TPSA) is 32.3 Å². The highest BCUT2D eigenvalue weighted by Gasteiger charge is 2.50. The van der Waals surface area contributed by atoms with Gasteiger partial charge in [-0.1, -0.05) is 91.4 Å². The highest BCUT2D eigenvalue weighted by molar-refractivity contribution is 6.81. The molecule has 1 aromatic carbocycles. The zero-order chi connectivity index (χ0) is 25.8. The number of unbranched alkanes of at least 4 members (excludes halogenated alkanes) is 1. The van der Waals surface area contributed by atoms with Crippen molar-refractivity contribution in [3.8, 4) is 0 Å². The van der Waals surface area contributed by atoms with Crippen LogP contribution < -0.4 is 0 Å². The highest BCUT2D eigenvalue weighted by atomic mass is 28.4. The Kier molecular flexibility index (Phi) is 9.88. The molecule has 1 aliphatic heterocycles. The second kappa shape index (κ2) is 11.3. The summed E-state index contributed by atoms with van der Waals surface area (Å²) in [4.78, 5) is 0. The van der Waals surface area contributed by atoms with E-state index in [1.165, 1.54) is 24.8 Å². The van der Waals surface area contributed by atoms with Crippen molar-refractivity contribution in [2.45, 2.75) is 134 Å². The van der Waals surface area contributed by atoms with Gasteiger partial charge in [-0.25, -0.2) is 0 Å². The summed E-state index contributed by atoms with van der Waals surface area (Å²) in [5.41, 5.74) is 1.74. The van der Waals surface area contributed by atoms with E-state index >= 15 is 0 Å². The molecular formula is C29H55NO2Si2. The lowest BCUT2D eigenvalue weighted by molar-refractivity contribution is -0.923.